The van der Waals surface area contributed by atoms with Gasteiger partial charge < -0.3 is 5.73 Å². The molecular formula is C18H12BrFN2OS. The fraction of sp³-hybridized carbons (Fsp3) is 0.111. The van der Waals surface area contributed by atoms with Gasteiger partial charge in [-0.1, -0.05) is 48.2 Å². The van der Waals surface area contributed by atoms with E-state index in [0.717, 1.165) is 0 Å². The molecule has 0 saturated carbocycles. The highest BCUT2D eigenvalue weighted by atomic mass is 79.9. The molecule has 2 atom stereocenters. The Labute approximate surface area is 151 Å². The smallest absolute Gasteiger partial charge is 0.177 e. The van der Waals surface area contributed by atoms with Crippen LogP contribution in [0.3, 0.4) is 0 Å². The number of carbonyl (C=O) groups excluding carboxylic acids is 1. The van der Waals surface area contributed by atoms with E-state index in [2.05, 4.69) is 22.0 Å². The van der Waals surface area contributed by atoms with Crippen molar-refractivity contribution < 1.29 is 9.18 Å². The fourth-order valence-corrected chi connectivity index (χ4v) is 4.21. The van der Waals surface area contributed by atoms with Crippen LogP contribution in [0.2, 0.25) is 0 Å². The van der Waals surface area contributed by atoms with Crippen LogP contribution in [-0.4, -0.2) is 11.0 Å². The minimum absolute atomic E-state index is 0.123. The lowest BCUT2D eigenvalue weighted by Gasteiger charge is -2.19. The molecule has 2 aromatic carbocycles. The third kappa shape index (κ3) is 2.97. The van der Waals surface area contributed by atoms with E-state index in [1.807, 2.05) is 6.07 Å². The summed E-state index contributed by atoms with van der Waals surface area (Å²) < 4.78 is 14.3. The van der Waals surface area contributed by atoms with Gasteiger partial charge in [-0.3, -0.25) is 4.79 Å². The first kappa shape index (κ1) is 16.7. The summed E-state index contributed by atoms with van der Waals surface area (Å²) in [7, 11) is 0. The number of carbonyl (C=O) groups is 1. The number of thioether (sulfide) groups is 1. The monoisotopic (exact) mass is 402 g/mol. The average molecular weight is 403 g/mol. The highest BCUT2D eigenvalue weighted by Gasteiger charge is 2.41. The maximum Gasteiger partial charge on any atom is 0.177 e. The first-order chi connectivity index (χ1) is 11.5. The van der Waals surface area contributed by atoms with Crippen LogP contribution in [0.15, 0.2) is 63.6 Å². The predicted molar refractivity (Wildman–Crippen MR) is 95.8 cm³/mol. The second-order valence-electron chi connectivity index (χ2n) is 5.31. The number of nitriles is 1. The van der Waals surface area contributed by atoms with Crippen LogP contribution >= 0.6 is 27.7 Å². The number of rotatable bonds is 3. The van der Waals surface area contributed by atoms with Gasteiger partial charge in [0.1, 0.15) is 5.82 Å². The zero-order valence-electron chi connectivity index (χ0n) is 12.4. The molecule has 2 N–H and O–H groups in total. The lowest BCUT2D eigenvalue weighted by Crippen LogP contribution is -2.23. The molecule has 2 aromatic rings. The van der Waals surface area contributed by atoms with Crippen molar-refractivity contribution in [2.45, 2.75) is 11.2 Å². The summed E-state index contributed by atoms with van der Waals surface area (Å²) in [6.07, 6.45) is 0. The molecule has 0 aliphatic carbocycles. The molecule has 0 amide bonds. The van der Waals surface area contributed by atoms with Crippen LogP contribution in [0.5, 0.6) is 0 Å². The summed E-state index contributed by atoms with van der Waals surface area (Å²) in [5.74, 6) is -1.12. The Balaban J connectivity index is 2.05. The third-order valence-corrected chi connectivity index (χ3v) is 5.73. The first-order valence-electron chi connectivity index (χ1n) is 7.13. The van der Waals surface area contributed by atoms with Crippen LogP contribution in [0.1, 0.15) is 21.8 Å². The molecule has 0 saturated heterocycles. The van der Waals surface area contributed by atoms with Gasteiger partial charge in [-0.15, -0.1) is 0 Å². The lowest BCUT2D eigenvalue weighted by atomic mass is 9.86. The van der Waals surface area contributed by atoms with Gasteiger partial charge in [0.25, 0.3) is 0 Å². The molecule has 0 unspecified atom stereocenters. The summed E-state index contributed by atoms with van der Waals surface area (Å²) in [5.41, 5.74) is 7.38. The molecule has 0 radical (unpaired) electrons. The van der Waals surface area contributed by atoms with E-state index in [9.17, 15) is 14.4 Å². The van der Waals surface area contributed by atoms with Crippen LogP contribution < -0.4 is 5.73 Å². The molecule has 1 aliphatic heterocycles. The predicted octanol–water partition coefficient (Wildman–Crippen LogP) is 4.36. The Bertz CT molecular complexity index is 876. The van der Waals surface area contributed by atoms with Crippen LogP contribution in [0, 0.1) is 17.1 Å². The summed E-state index contributed by atoms with van der Waals surface area (Å²) in [5, 5.41) is 9.19. The Morgan fingerprint density at radius 1 is 1.25 bits per heavy atom. The molecule has 3 rings (SSSR count). The summed E-state index contributed by atoms with van der Waals surface area (Å²) in [6, 6.07) is 15.5. The van der Waals surface area contributed by atoms with Gasteiger partial charge in [-0.25, -0.2) is 4.39 Å². The molecular weight excluding hydrogens is 391 g/mol. The lowest BCUT2D eigenvalue weighted by molar-refractivity contribution is 0.0985. The average Bonchev–Trinajstić information content (AvgIpc) is 2.93. The molecule has 1 aliphatic rings. The van der Waals surface area contributed by atoms with Crippen LogP contribution in [0.25, 0.3) is 0 Å². The standard InChI is InChI=1S/C18H12BrFN2OS/c19-13-7-6-11(8-14(13)20)15-12(9-21)18(22)24-17(15)16(23)10-4-2-1-3-5-10/h1-8,15,17H,22H2/t15-,17-/m1/s1. The Hall–Kier alpha value is -2.10. The van der Waals surface area contributed by atoms with Crippen LogP contribution in [-0.2, 0) is 0 Å². The van der Waals surface area contributed by atoms with E-state index >= 15 is 0 Å². The quantitative estimate of drug-likeness (QED) is 0.774. The van der Waals surface area contributed by atoms with E-state index in [0.29, 0.717) is 26.2 Å². The fourth-order valence-electron chi connectivity index (χ4n) is 2.72. The number of hydrogen-bond donors (Lipinski definition) is 1. The van der Waals surface area contributed by atoms with Gasteiger partial charge in [0.2, 0.25) is 0 Å². The van der Waals surface area contributed by atoms with Crippen molar-refractivity contribution in [2.24, 2.45) is 5.73 Å². The van der Waals surface area contributed by atoms with Crippen molar-refractivity contribution in [1.29, 1.82) is 5.26 Å². The number of halogens is 2. The number of allylic oxidation sites excluding steroid dienone is 1. The zero-order valence-corrected chi connectivity index (χ0v) is 14.8. The number of Topliss-reactive ketones (excluding diaryl/α,β-unsaturated/α-hetero) is 1. The Morgan fingerprint density at radius 2 is 1.96 bits per heavy atom. The molecule has 1 heterocycles. The van der Waals surface area contributed by atoms with Gasteiger partial charge >= 0.3 is 0 Å². The zero-order chi connectivity index (χ0) is 17.3. The third-order valence-electron chi connectivity index (χ3n) is 3.87. The number of nitrogens with zero attached hydrogens (tertiary/aromatic N) is 1. The number of nitrogens with two attached hydrogens (primary N) is 1. The second kappa shape index (κ2) is 6.80. The maximum absolute atomic E-state index is 13.9. The van der Waals surface area contributed by atoms with Gasteiger partial charge in [-0.2, -0.15) is 5.26 Å². The van der Waals surface area contributed by atoms with Crippen molar-refractivity contribution in [1.82, 2.24) is 0 Å². The van der Waals surface area contributed by atoms with Crippen molar-refractivity contribution in [2.75, 3.05) is 0 Å². The van der Waals surface area contributed by atoms with Gasteiger partial charge in [-0.05, 0) is 33.6 Å². The second-order valence-corrected chi connectivity index (χ2v) is 7.35. The van der Waals surface area contributed by atoms with Gasteiger partial charge in [0, 0.05) is 11.5 Å². The summed E-state index contributed by atoms with van der Waals surface area (Å²) in [4.78, 5) is 12.9. The minimum atomic E-state index is -0.581. The molecule has 0 aromatic heterocycles. The normalized spacial score (nSPS) is 20.0. The molecule has 6 heteroatoms. The van der Waals surface area contributed by atoms with Crippen molar-refractivity contribution in [3.63, 3.8) is 0 Å². The minimum Gasteiger partial charge on any atom is -0.393 e. The number of ketones is 1. The number of benzene rings is 2. The van der Waals surface area contributed by atoms with Gasteiger partial charge in [0.15, 0.2) is 5.78 Å². The Morgan fingerprint density at radius 3 is 2.58 bits per heavy atom. The van der Waals surface area contributed by atoms with Gasteiger partial charge in [0.05, 0.1) is 26.4 Å². The molecule has 24 heavy (non-hydrogen) atoms. The first-order valence-corrected chi connectivity index (χ1v) is 8.80. The van der Waals surface area contributed by atoms with Crippen LogP contribution in [0.4, 0.5) is 4.39 Å². The van der Waals surface area contributed by atoms with E-state index in [1.54, 1.807) is 36.4 Å². The molecule has 0 fully saturated rings. The molecule has 120 valence electrons. The van der Waals surface area contributed by atoms with Crippen molar-refractivity contribution in [3.8, 4) is 6.07 Å². The number of hydrogen-bond acceptors (Lipinski definition) is 4. The maximum atomic E-state index is 13.9. The highest BCUT2D eigenvalue weighted by Crippen LogP contribution is 2.47. The SMILES string of the molecule is N#CC1=C(N)S[C@@H](C(=O)c2ccccc2)[C@@H]1c1ccc(Br)c(F)c1. The van der Waals surface area contributed by atoms with E-state index in [4.69, 9.17) is 5.73 Å². The van der Waals surface area contributed by atoms with E-state index < -0.39 is 17.0 Å². The molecule has 3 nitrogen and oxygen atoms in total. The molecule has 0 bridgehead atoms. The largest absolute Gasteiger partial charge is 0.393 e. The summed E-state index contributed by atoms with van der Waals surface area (Å²) in [6.45, 7) is 0. The van der Waals surface area contributed by atoms with E-state index in [-0.39, 0.29) is 5.78 Å². The van der Waals surface area contributed by atoms with Crippen molar-refractivity contribution >= 4 is 33.5 Å². The Kier molecular flexibility index (Phi) is 4.74. The van der Waals surface area contributed by atoms with E-state index in [1.165, 1.54) is 17.8 Å². The summed E-state index contributed by atoms with van der Waals surface area (Å²) >= 11 is 4.28. The topological polar surface area (TPSA) is 66.9 Å². The molecule has 0 spiro atoms. The van der Waals surface area contributed by atoms with Crippen molar-refractivity contribution in [3.05, 3.63) is 80.5 Å². The highest BCUT2D eigenvalue weighted by molar-refractivity contribution is 9.10.